The Morgan fingerprint density at radius 2 is 0.705 bits per heavy atom. The highest BCUT2D eigenvalue weighted by atomic mass is 31.1. The van der Waals surface area contributed by atoms with Crippen LogP contribution in [0.2, 0.25) is 0 Å². The molecule has 0 amide bonds. The van der Waals surface area contributed by atoms with E-state index < -0.39 is 0 Å². The summed E-state index contributed by atoms with van der Waals surface area (Å²) in [7, 11) is 1.45. The summed E-state index contributed by atoms with van der Waals surface area (Å²) in [5.41, 5.74) is 3.15. The van der Waals surface area contributed by atoms with E-state index in [0.717, 1.165) is 52.6 Å². The number of hydrogen-bond acceptors (Lipinski definition) is 2. The van der Waals surface area contributed by atoms with Gasteiger partial charge in [-0.25, -0.2) is 0 Å². The second-order valence-electron chi connectivity index (χ2n) is 20.5. The van der Waals surface area contributed by atoms with E-state index in [4.69, 9.17) is 9.05 Å². The summed E-state index contributed by atoms with van der Waals surface area (Å²) < 4.78 is 13.7. The van der Waals surface area contributed by atoms with Crippen LogP contribution in [0.15, 0.2) is 0 Å². The van der Waals surface area contributed by atoms with Crippen LogP contribution in [0, 0.1) is 57.2 Å². The SMILES string of the molecule is CC(C)(C)C1CCC(OPC2CCC(C3CCC(POC4CCC(C(C)(C)C)CC4C(C)(C)C)CC3)CC2)C(C(C)(C)C)C1. The predicted molar refractivity (Wildman–Crippen MR) is 197 cm³/mol. The van der Waals surface area contributed by atoms with E-state index in [9.17, 15) is 0 Å². The van der Waals surface area contributed by atoms with Crippen LogP contribution in [0.25, 0.3) is 0 Å². The molecule has 0 saturated heterocycles. The maximum Gasteiger partial charge on any atom is 0.0647 e. The lowest BCUT2D eigenvalue weighted by atomic mass is 9.62. The van der Waals surface area contributed by atoms with Gasteiger partial charge in [0, 0.05) is 28.9 Å². The summed E-state index contributed by atoms with van der Waals surface area (Å²) in [5, 5.41) is 0. The molecule has 8 unspecified atom stereocenters. The van der Waals surface area contributed by atoms with Crippen molar-refractivity contribution in [2.24, 2.45) is 57.2 Å². The van der Waals surface area contributed by atoms with Gasteiger partial charge in [-0.3, -0.25) is 0 Å². The third-order valence-electron chi connectivity index (χ3n) is 13.2. The van der Waals surface area contributed by atoms with Gasteiger partial charge >= 0.3 is 0 Å². The molecule has 4 aliphatic rings. The maximum absolute atomic E-state index is 6.86. The van der Waals surface area contributed by atoms with Crippen molar-refractivity contribution in [3.63, 3.8) is 0 Å². The highest BCUT2D eigenvalue weighted by Gasteiger charge is 2.43. The molecule has 0 N–H and O–H groups in total. The zero-order valence-corrected chi connectivity index (χ0v) is 33.5. The molecular weight excluding hydrogens is 574 g/mol. The number of rotatable bonds is 7. The number of hydrogen-bond donors (Lipinski definition) is 0. The van der Waals surface area contributed by atoms with Gasteiger partial charge in [0.05, 0.1) is 12.2 Å². The average Bonchev–Trinajstić information content (AvgIpc) is 2.93. The van der Waals surface area contributed by atoms with Crippen LogP contribution in [0.1, 0.15) is 173 Å². The molecule has 4 aliphatic carbocycles. The Morgan fingerprint density at radius 1 is 0.386 bits per heavy atom. The van der Waals surface area contributed by atoms with E-state index in [0.29, 0.717) is 45.7 Å². The Labute approximate surface area is 279 Å². The van der Waals surface area contributed by atoms with Gasteiger partial charge in [-0.05, 0) is 147 Å². The average molecular weight is 651 g/mol. The predicted octanol–water partition coefficient (Wildman–Crippen LogP) is 13.1. The van der Waals surface area contributed by atoms with E-state index in [2.05, 4.69) is 83.1 Å². The van der Waals surface area contributed by atoms with Crippen molar-refractivity contribution < 1.29 is 9.05 Å². The molecule has 4 saturated carbocycles. The van der Waals surface area contributed by atoms with Gasteiger partial charge in [0.25, 0.3) is 0 Å². The van der Waals surface area contributed by atoms with Crippen molar-refractivity contribution in [3.8, 4) is 0 Å². The van der Waals surface area contributed by atoms with Crippen molar-refractivity contribution in [2.75, 3.05) is 0 Å². The van der Waals surface area contributed by atoms with Gasteiger partial charge in [0.1, 0.15) is 0 Å². The molecule has 0 spiro atoms. The lowest BCUT2D eigenvalue weighted by molar-refractivity contribution is -0.00936. The molecule has 0 radical (unpaired) electrons. The fraction of sp³-hybridized carbons (Fsp3) is 1.00. The zero-order chi connectivity index (χ0) is 32.5. The van der Waals surface area contributed by atoms with E-state index in [-0.39, 0.29) is 0 Å². The van der Waals surface area contributed by atoms with Gasteiger partial charge in [-0.1, -0.05) is 83.1 Å². The minimum Gasteiger partial charge on any atom is -0.359 e. The first-order valence-corrected chi connectivity index (χ1v) is 21.1. The van der Waals surface area contributed by atoms with Gasteiger partial charge in [-0.15, -0.1) is 0 Å². The van der Waals surface area contributed by atoms with Crippen molar-refractivity contribution in [2.45, 2.75) is 197 Å². The van der Waals surface area contributed by atoms with Gasteiger partial charge < -0.3 is 9.05 Å². The molecule has 258 valence electrons. The quantitative estimate of drug-likeness (QED) is 0.255. The van der Waals surface area contributed by atoms with Crippen molar-refractivity contribution in [1.29, 1.82) is 0 Å². The maximum atomic E-state index is 6.86. The normalized spacial score (nSPS) is 39.0. The largest absolute Gasteiger partial charge is 0.359 e. The zero-order valence-electron chi connectivity index (χ0n) is 31.5. The summed E-state index contributed by atoms with van der Waals surface area (Å²) in [6.45, 7) is 29.4. The minimum absolute atomic E-state index is 0.335. The molecule has 0 aromatic carbocycles. The molecule has 0 aliphatic heterocycles. The molecule has 4 heteroatoms. The fourth-order valence-corrected chi connectivity index (χ4v) is 12.2. The highest BCUT2D eigenvalue weighted by molar-refractivity contribution is 7.33. The van der Waals surface area contributed by atoms with E-state index >= 15 is 0 Å². The Balaban J connectivity index is 1.16. The lowest BCUT2D eigenvalue weighted by Crippen LogP contribution is -2.41. The standard InChI is InChI=1S/C40H76O2P2/c1-37(2,3)29-17-23-35(33(25-29)39(7,8)9)41-43-31-19-13-27(14-20-31)28-15-21-32(22-16-28)44-42-36-24-18-30(38(4,5)6)26-34(36)40(10,11)12/h27-36,43-44H,13-26H2,1-12H3. The van der Waals surface area contributed by atoms with Crippen LogP contribution in [0.3, 0.4) is 0 Å². The van der Waals surface area contributed by atoms with Crippen molar-refractivity contribution in [1.82, 2.24) is 0 Å². The first-order valence-electron chi connectivity index (χ1n) is 19.1. The molecular formula is C40H76O2P2. The van der Waals surface area contributed by atoms with Crippen LogP contribution in [-0.2, 0) is 9.05 Å². The second kappa shape index (κ2) is 15.1. The van der Waals surface area contributed by atoms with Crippen LogP contribution in [-0.4, -0.2) is 23.5 Å². The first kappa shape index (κ1) is 37.6. The summed E-state index contributed by atoms with van der Waals surface area (Å²) in [5.74, 6) is 5.01. The molecule has 8 atom stereocenters. The molecule has 4 rings (SSSR count). The van der Waals surface area contributed by atoms with E-state index in [1.54, 1.807) is 0 Å². The van der Waals surface area contributed by atoms with Crippen LogP contribution >= 0.6 is 17.6 Å². The monoisotopic (exact) mass is 651 g/mol. The smallest absolute Gasteiger partial charge is 0.0647 e. The fourth-order valence-electron chi connectivity index (χ4n) is 9.75. The van der Waals surface area contributed by atoms with E-state index in [1.807, 2.05) is 0 Å². The van der Waals surface area contributed by atoms with Crippen molar-refractivity contribution >= 4 is 17.6 Å². The topological polar surface area (TPSA) is 18.5 Å². The molecule has 0 aromatic rings. The van der Waals surface area contributed by atoms with Gasteiger partial charge in [0.2, 0.25) is 0 Å². The molecule has 4 fully saturated rings. The molecule has 44 heavy (non-hydrogen) atoms. The summed E-state index contributed by atoms with van der Waals surface area (Å²) >= 11 is 0. The summed E-state index contributed by atoms with van der Waals surface area (Å²) in [4.78, 5) is 0. The summed E-state index contributed by atoms with van der Waals surface area (Å²) in [6, 6.07) is 0. The molecule has 0 aromatic heterocycles. The first-order chi connectivity index (χ1) is 20.3. The molecule has 0 heterocycles. The Kier molecular flexibility index (Phi) is 12.9. The Hall–Kier alpha value is 0.780. The van der Waals surface area contributed by atoms with Crippen molar-refractivity contribution in [3.05, 3.63) is 0 Å². The van der Waals surface area contributed by atoms with Gasteiger partial charge in [0.15, 0.2) is 0 Å². The lowest BCUT2D eigenvalue weighted by Gasteiger charge is -2.47. The Bertz CT molecular complexity index is 786. The third-order valence-corrected chi connectivity index (χ3v) is 15.9. The molecule has 0 bridgehead atoms. The van der Waals surface area contributed by atoms with E-state index in [1.165, 1.54) is 89.9 Å². The second-order valence-corrected chi connectivity index (χ2v) is 23.0. The van der Waals surface area contributed by atoms with Crippen LogP contribution in [0.4, 0.5) is 0 Å². The highest BCUT2D eigenvalue weighted by Crippen LogP contribution is 2.52. The summed E-state index contributed by atoms with van der Waals surface area (Å²) in [6.07, 6.45) is 20.4. The van der Waals surface area contributed by atoms with Crippen LogP contribution < -0.4 is 0 Å². The Morgan fingerprint density at radius 3 is 0.977 bits per heavy atom. The molecule has 2 nitrogen and oxygen atoms in total. The third kappa shape index (κ3) is 10.4. The minimum atomic E-state index is 0.335. The van der Waals surface area contributed by atoms with Gasteiger partial charge in [-0.2, -0.15) is 0 Å². The van der Waals surface area contributed by atoms with Crippen LogP contribution in [0.5, 0.6) is 0 Å².